The van der Waals surface area contributed by atoms with Crippen molar-refractivity contribution in [1.82, 2.24) is 4.98 Å². The van der Waals surface area contributed by atoms with E-state index in [1.165, 1.54) is 17.7 Å². The number of aromatic hydroxyl groups is 1. The van der Waals surface area contributed by atoms with Crippen LogP contribution >= 0.6 is 22.9 Å². The number of hydrogen-bond donors (Lipinski definition) is 1. The van der Waals surface area contributed by atoms with Gasteiger partial charge in [0.1, 0.15) is 5.75 Å². The van der Waals surface area contributed by atoms with Gasteiger partial charge in [-0.2, -0.15) is 0 Å². The maximum atomic E-state index is 9.26. The van der Waals surface area contributed by atoms with E-state index >= 15 is 0 Å². The Kier molecular flexibility index (Phi) is 2.37. The van der Waals surface area contributed by atoms with Crippen molar-refractivity contribution in [3.8, 4) is 17.0 Å². The first-order valence-electron chi connectivity index (χ1n) is 5.19. The van der Waals surface area contributed by atoms with Crippen molar-refractivity contribution >= 4 is 22.9 Å². The van der Waals surface area contributed by atoms with Crippen LogP contribution in [-0.2, 0) is 0 Å². The molecule has 1 saturated carbocycles. The largest absolute Gasteiger partial charge is 0.508 e. The summed E-state index contributed by atoms with van der Waals surface area (Å²) in [6, 6.07) is 7.12. The van der Waals surface area contributed by atoms with Gasteiger partial charge in [-0.05, 0) is 43.0 Å². The number of halogens is 1. The number of thiazole rings is 1. The fraction of sp³-hybridized carbons (Fsp3) is 0.250. The summed E-state index contributed by atoms with van der Waals surface area (Å²) in [5, 5.41) is 9.26. The molecular formula is C12H10ClNOS. The van der Waals surface area contributed by atoms with E-state index in [2.05, 4.69) is 4.98 Å². The molecule has 1 heterocycles. The molecule has 0 unspecified atom stereocenters. The third kappa shape index (κ3) is 1.81. The highest BCUT2D eigenvalue weighted by molar-refractivity contribution is 7.16. The number of rotatable bonds is 2. The molecule has 1 aliphatic rings. The Balaban J connectivity index is 2.07. The highest BCUT2D eigenvalue weighted by Gasteiger charge is 2.29. The van der Waals surface area contributed by atoms with Crippen LogP contribution in [0.4, 0.5) is 0 Å². The summed E-state index contributed by atoms with van der Waals surface area (Å²) in [6.07, 6.45) is 2.48. The summed E-state index contributed by atoms with van der Waals surface area (Å²) >= 11 is 7.55. The molecule has 2 nitrogen and oxygen atoms in total. The molecule has 1 aromatic heterocycles. The summed E-state index contributed by atoms with van der Waals surface area (Å²) in [7, 11) is 0. The van der Waals surface area contributed by atoms with Gasteiger partial charge in [0, 0.05) is 10.4 Å². The fourth-order valence-corrected chi connectivity index (χ4v) is 3.07. The van der Waals surface area contributed by atoms with Gasteiger partial charge in [0.2, 0.25) is 0 Å². The number of phenolic OH excluding ortho intramolecular Hbond substituents is 1. The number of nitrogens with zero attached hydrogens (tertiary/aromatic N) is 1. The van der Waals surface area contributed by atoms with Gasteiger partial charge in [0.25, 0.3) is 0 Å². The third-order valence-electron chi connectivity index (χ3n) is 2.72. The quantitative estimate of drug-likeness (QED) is 0.874. The minimum absolute atomic E-state index is 0.276. The monoisotopic (exact) mass is 251 g/mol. The third-order valence-corrected chi connectivity index (χ3v) is 4.04. The maximum absolute atomic E-state index is 9.26. The maximum Gasteiger partial charge on any atom is 0.184 e. The standard InChI is InChI=1S/C12H10ClNOS/c13-12-14-10(11(16-12)8-1-2-8)7-3-5-9(15)6-4-7/h3-6,8,15H,1-2H2. The summed E-state index contributed by atoms with van der Waals surface area (Å²) in [6.45, 7) is 0. The fourth-order valence-electron chi connectivity index (χ4n) is 1.75. The van der Waals surface area contributed by atoms with Gasteiger partial charge in [-0.3, -0.25) is 0 Å². The summed E-state index contributed by atoms with van der Waals surface area (Å²) in [5.41, 5.74) is 2.01. The first-order chi connectivity index (χ1) is 7.74. The molecule has 0 spiro atoms. The predicted octanol–water partition coefficient (Wildman–Crippen LogP) is 4.05. The number of benzene rings is 1. The van der Waals surface area contributed by atoms with E-state index in [9.17, 15) is 5.11 Å². The molecule has 1 fully saturated rings. The molecule has 1 aliphatic carbocycles. The SMILES string of the molecule is Oc1ccc(-c2nc(Cl)sc2C2CC2)cc1. The molecule has 1 N–H and O–H groups in total. The highest BCUT2D eigenvalue weighted by Crippen LogP contribution is 2.48. The first kappa shape index (κ1) is 10.1. The van der Waals surface area contributed by atoms with E-state index in [4.69, 9.17) is 11.6 Å². The van der Waals surface area contributed by atoms with E-state index < -0.39 is 0 Å². The lowest BCUT2D eigenvalue weighted by Gasteiger charge is -2.00. The molecule has 0 amide bonds. The van der Waals surface area contributed by atoms with Crippen LogP contribution in [0.2, 0.25) is 4.47 Å². The molecule has 16 heavy (non-hydrogen) atoms. The summed E-state index contributed by atoms with van der Waals surface area (Å²) < 4.78 is 0.602. The Morgan fingerprint density at radius 1 is 1.25 bits per heavy atom. The average Bonchev–Trinajstić information content (AvgIpc) is 3.04. The average molecular weight is 252 g/mol. The molecular weight excluding hydrogens is 242 g/mol. The number of hydrogen-bond acceptors (Lipinski definition) is 3. The molecule has 82 valence electrons. The van der Waals surface area contributed by atoms with Crippen molar-refractivity contribution in [3.05, 3.63) is 33.6 Å². The van der Waals surface area contributed by atoms with Gasteiger partial charge < -0.3 is 5.11 Å². The van der Waals surface area contributed by atoms with E-state index in [0.29, 0.717) is 10.4 Å². The number of aromatic nitrogens is 1. The lowest BCUT2D eigenvalue weighted by molar-refractivity contribution is 0.475. The Morgan fingerprint density at radius 2 is 1.94 bits per heavy atom. The van der Waals surface area contributed by atoms with Crippen LogP contribution in [0.1, 0.15) is 23.6 Å². The summed E-state index contributed by atoms with van der Waals surface area (Å²) in [4.78, 5) is 5.66. The predicted molar refractivity (Wildman–Crippen MR) is 66.2 cm³/mol. The van der Waals surface area contributed by atoms with Crippen LogP contribution < -0.4 is 0 Å². The summed E-state index contributed by atoms with van der Waals surface area (Å²) in [5.74, 6) is 0.923. The van der Waals surface area contributed by atoms with Crippen LogP contribution in [-0.4, -0.2) is 10.1 Å². The molecule has 0 saturated heterocycles. The van der Waals surface area contributed by atoms with Crippen molar-refractivity contribution < 1.29 is 5.11 Å². The second kappa shape index (κ2) is 3.75. The molecule has 0 aliphatic heterocycles. The van der Waals surface area contributed by atoms with Gasteiger partial charge in [0.05, 0.1) is 5.69 Å². The van der Waals surface area contributed by atoms with E-state index in [-0.39, 0.29) is 5.75 Å². The van der Waals surface area contributed by atoms with Gasteiger partial charge >= 0.3 is 0 Å². The zero-order valence-electron chi connectivity index (χ0n) is 8.48. The molecule has 4 heteroatoms. The van der Waals surface area contributed by atoms with E-state index in [1.54, 1.807) is 23.5 Å². The van der Waals surface area contributed by atoms with Crippen molar-refractivity contribution in [3.63, 3.8) is 0 Å². The molecule has 0 bridgehead atoms. The Bertz CT molecular complexity index is 516. The Hall–Kier alpha value is -1.06. The molecule has 0 atom stereocenters. The zero-order chi connectivity index (χ0) is 11.1. The topological polar surface area (TPSA) is 33.1 Å². The van der Waals surface area contributed by atoms with E-state index in [0.717, 1.165) is 11.3 Å². The Morgan fingerprint density at radius 3 is 2.56 bits per heavy atom. The van der Waals surface area contributed by atoms with Gasteiger partial charge in [-0.25, -0.2) is 4.98 Å². The van der Waals surface area contributed by atoms with Gasteiger partial charge in [-0.1, -0.05) is 11.6 Å². The van der Waals surface area contributed by atoms with Crippen molar-refractivity contribution in [2.24, 2.45) is 0 Å². The normalized spacial score (nSPS) is 15.3. The lowest BCUT2D eigenvalue weighted by Crippen LogP contribution is -1.82. The van der Waals surface area contributed by atoms with Crippen LogP contribution in [0.3, 0.4) is 0 Å². The van der Waals surface area contributed by atoms with Crippen LogP contribution in [0.5, 0.6) is 5.75 Å². The van der Waals surface area contributed by atoms with Gasteiger partial charge in [0.15, 0.2) is 4.47 Å². The minimum atomic E-state index is 0.276. The Labute approximate surface area is 103 Å². The molecule has 3 rings (SSSR count). The van der Waals surface area contributed by atoms with Crippen LogP contribution in [0.15, 0.2) is 24.3 Å². The molecule has 1 aromatic carbocycles. The lowest BCUT2D eigenvalue weighted by atomic mass is 10.1. The van der Waals surface area contributed by atoms with E-state index in [1.807, 2.05) is 12.1 Å². The van der Waals surface area contributed by atoms with Crippen molar-refractivity contribution in [2.45, 2.75) is 18.8 Å². The van der Waals surface area contributed by atoms with Crippen LogP contribution in [0, 0.1) is 0 Å². The highest BCUT2D eigenvalue weighted by atomic mass is 35.5. The van der Waals surface area contributed by atoms with Crippen molar-refractivity contribution in [1.29, 1.82) is 0 Å². The smallest absolute Gasteiger partial charge is 0.184 e. The first-order valence-corrected chi connectivity index (χ1v) is 6.39. The minimum Gasteiger partial charge on any atom is -0.508 e. The van der Waals surface area contributed by atoms with Gasteiger partial charge in [-0.15, -0.1) is 11.3 Å². The van der Waals surface area contributed by atoms with Crippen LogP contribution in [0.25, 0.3) is 11.3 Å². The van der Waals surface area contributed by atoms with Crippen molar-refractivity contribution in [2.75, 3.05) is 0 Å². The second-order valence-corrected chi connectivity index (χ2v) is 5.61. The zero-order valence-corrected chi connectivity index (χ0v) is 10.1. The molecule has 0 radical (unpaired) electrons. The number of phenols is 1. The molecule has 2 aromatic rings. The second-order valence-electron chi connectivity index (χ2n) is 4.00.